The Kier molecular flexibility index (Phi) is 4.80. The number of Topliss-reactive ketones (excluding diaryl/α,β-unsaturated/α-hetero) is 1. The van der Waals surface area contributed by atoms with E-state index in [9.17, 15) is 19.8 Å². The van der Waals surface area contributed by atoms with Crippen LogP contribution in [0.4, 0.5) is 0 Å². The van der Waals surface area contributed by atoms with Crippen LogP contribution < -0.4 is 0 Å². The van der Waals surface area contributed by atoms with Gasteiger partial charge in [-0.05, 0) is 13.0 Å². The molecule has 0 aromatic heterocycles. The lowest BCUT2D eigenvalue weighted by molar-refractivity contribution is -0.122. The second-order valence-electron chi connectivity index (χ2n) is 5.13. The summed E-state index contributed by atoms with van der Waals surface area (Å²) < 4.78 is 4.80. The second kappa shape index (κ2) is 6.79. The number of carbonyl (C=O) groups is 2. The zero-order chi connectivity index (χ0) is 17.9. The average molecular weight is 326 g/mol. The Morgan fingerprint density at radius 3 is 2.50 bits per heavy atom. The summed E-state index contributed by atoms with van der Waals surface area (Å²) in [7, 11) is 0. The Morgan fingerprint density at radius 1 is 1.29 bits per heavy atom. The van der Waals surface area contributed by atoms with Crippen LogP contribution in [0.5, 0.6) is 11.5 Å². The summed E-state index contributed by atoms with van der Waals surface area (Å²) >= 11 is 0. The van der Waals surface area contributed by atoms with Crippen molar-refractivity contribution in [3.63, 3.8) is 0 Å². The van der Waals surface area contributed by atoms with Crippen molar-refractivity contribution in [1.29, 1.82) is 10.7 Å². The average Bonchev–Trinajstić information content (AvgIpc) is 2.56. The molecule has 2 aromatic rings. The Hall–Kier alpha value is -3.40. The van der Waals surface area contributed by atoms with Crippen molar-refractivity contribution in [2.24, 2.45) is 5.92 Å². The van der Waals surface area contributed by atoms with E-state index in [0.717, 1.165) is 6.07 Å². The van der Waals surface area contributed by atoms with E-state index in [1.165, 1.54) is 13.0 Å². The number of nitriles is 1. The van der Waals surface area contributed by atoms with E-state index in [4.69, 9.17) is 15.4 Å². The van der Waals surface area contributed by atoms with Gasteiger partial charge in [0.1, 0.15) is 23.0 Å². The first kappa shape index (κ1) is 17.0. The molecule has 24 heavy (non-hydrogen) atoms. The van der Waals surface area contributed by atoms with E-state index >= 15 is 0 Å². The number of benzene rings is 2. The van der Waals surface area contributed by atoms with E-state index < -0.39 is 24.3 Å². The molecule has 0 heterocycles. The van der Waals surface area contributed by atoms with E-state index in [0.29, 0.717) is 5.39 Å². The summed E-state index contributed by atoms with van der Waals surface area (Å²) in [6, 6.07) is 9.10. The van der Waals surface area contributed by atoms with Gasteiger partial charge in [0, 0.05) is 16.5 Å². The number of ether oxygens (including phenoxy) is 1. The quantitative estimate of drug-likeness (QED) is 0.438. The summed E-state index contributed by atoms with van der Waals surface area (Å²) in [5.74, 6) is -3.62. The number of phenols is 2. The number of rotatable bonds is 5. The number of carbonyl (C=O) groups excluding carboxylic acids is 2. The maximum atomic E-state index is 12.1. The van der Waals surface area contributed by atoms with Crippen LogP contribution >= 0.6 is 0 Å². The molecule has 2 aromatic carbocycles. The topological polar surface area (TPSA) is 131 Å². The molecule has 0 fully saturated rings. The molecule has 0 aliphatic rings. The minimum atomic E-state index is -1.28. The molecule has 0 spiro atoms. The number of aromatic hydroxyl groups is 2. The predicted octanol–water partition coefficient (Wildman–Crippen LogP) is 2.16. The van der Waals surface area contributed by atoms with Crippen LogP contribution in [0.3, 0.4) is 0 Å². The summed E-state index contributed by atoms with van der Waals surface area (Å²) in [6.07, 6.45) is 0. The lowest BCUT2D eigenvalue weighted by Crippen LogP contribution is -2.25. The van der Waals surface area contributed by atoms with Gasteiger partial charge >= 0.3 is 5.97 Å². The largest absolute Gasteiger partial charge is 0.507 e. The van der Waals surface area contributed by atoms with Crippen LogP contribution in [-0.4, -0.2) is 34.3 Å². The lowest BCUT2D eigenvalue weighted by Gasteiger charge is -2.11. The molecule has 0 amide bonds. The van der Waals surface area contributed by atoms with Crippen LogP contribution in [0, 0.1) is 22.7 Å². The van der Waals surface area contributed by atoms with Crippen molar-refractivity contribution in [3.05, 3.63) is 35.9 Å². The number of hydrogen-bond donors (Lipinski definition) is 3. The van der Waals surface area contributed by atoms with Crippen LogP contribution in [0.2, 0.25) is 0 Å². The molecule has 0 aliphatic heterocycles. The first-order chi connectivity index (χ1) is 11.4. The smallest absolute Gasteiger partial charge is 0.342 e. The van der Waals surface area contributed by atoms with Gasteiger partial charge in [-0.15, -0.1) is 0 Å². The first-order valence-corrected chi connectivity index (χ1v) is 6.95. The molecule has 0 bridgehead atoms. The predicted molar refractivity (Wildman–Crippen MR) is 85.1 cm³/mol. The van der Waals surface area contributed by atoms with E-state index in [-0.39, 0.29) is 28.2 Å². The fourth-order valence-electron chi connectivity index (χ4n) is 2.20. The second-order valence-corrected chi connectivity index (χ2v) is 5.13. The maximum Gasteiger partial charge on any atom is 0.342 e. The zero-order valence-electron chi connectivity index (χ0n) is 12.7. The third-order valence-corrected chi connectivity index (χ3v) is 3.44. The molecule has 7 nitrogen and oxygen atoms in total. The Balaban J connectivity index is 2.24. The Labute approximate surface area is 137 Å². The van der Waals surface area contributed by atoms with Crippen molar-refractivity contribution in [3.8, 4) is 17.6 Å². The first-order valence-electron chi connectivity index (χ1n) is 6.95. The maximum absolute atomic E-state index is 12.1. The molecule has 0 radical (unpaired) electrons. The zero-order valence-corrected chi connectivity index (χ0v) is 12.7. The van der Waals surface area contributed by atoms with E-state index in [2.05, 4.69) is 0 Å². The molecule has 1 unspecified atom stereocenters. The van der Waals surface area contributed by atoms with Gasteiger partial charge < -0.3 is 20.4 Å². The van der Waals surface area contributed by atoms with Crippen LogP contribution in [0.15, 0.2) is 30.3 Å². The third kappa shape index (κ3) is 3.17. The van der Waals surface area contributed by atoms with E-state index in [1.807, 2.05) is 0 Å². The highest BCUT2D eigenvalue weighted by Crippen LogP contribution is 2.35. The summed E-state index contributed by atoms with van der Waals surface area (Å²) in [6.45, 7) is 0.598. The van der Waals surface area contributed by atoms with Crippen molar-refractivity contribution in [2.45, 2.75) is 6.92 Å². The lowest BCUT2D eigenvalue weighted by atomic mass is 10.0. The Morgan fingerprint density at radius 2 is 1.92 bits per heavy atom. The fourth-order valence-corrected chi connectivity index (χ4v) is 2.20. The van der Waals surface area contributed by atoms with E-state index in [1.54, 1.807) is 24.3 Å². The van der Waals surface area contributed by atoms with Crippen LogP contribution in [0.1, 0.15) is 17.3 Å². The molecule has 0 saturated heterocycles. The van der Waals surface area contributed by atoms with Gasteiger partial charge in [-0.25, -0.2) is 4.79 Å². The number of phenolic OH excluding ortho intramolecular Hbond substituents is 2. The van der Waals surface area contributed by atoms with Gasteiger partial charge in [-0.3, -0.25) is 4.79 Å². The standard InChI is InChI=1S/C17H14N2O5/c1-9(19)13(7-18)15(21)8-24-17(23)12-6-14(20)10-4-2-3-5-11(10)16(12)22/h2-6,13,19-20,22H,8H2,1H3. The molecule has 0 aliphatic carbocycles. The van der Waals surface area contributed by atoms with Gasteiger partial charge in [0.05, 0.1) is 6.07 Å². The highest BCUT2D eigenvalue weighted by molar-refractivity contribution is 6.07. The highest BCUT2D eigenvalue weighted by Gasteiger charge is 2.23. The molecule has 0 saturated carbocycles. The fraction of sp³-hybridized carbons (Fsp3) is 0.176. The van der Waals surface area contributed by atoms with Crippen molar-refractivity contribution < 1.29 is 24.5 Å². The minimum Gasteiger partial charge on any atom is -0.507 e. The molecular formula is C17H14N2O5. The van der Waals surface area contributed by atoms with Gasteiger partial charge in [-0.2, -0.15) is 5.26 Å². The number of esters is 1. The monoisotopic (exact) mass is 326 g/mol. The van der Waals surface area contributed by atoms with Gasteiger partial charge in [0.25, 0.3) is 0 Å². The number of fused-ring (bicyclic) bond motifs is 1. The molecule has 7 heteroatoms. The van der Waals surface area contributed by atoms with Crippen molar-refractivity contribution >= 4 is 28.2 Å². The summed E-state index contributed by atoms with van der Waals surface area (Å²) in [5.41, 5.74) is -0.441. The highest BCUT2D eigenvalue weighted by atomic mass is 16.5. The van der Waals surface area contributed by atoms with Gasteiger partial charge in [0.15, 0.2) is 12.4 Å². The third-order valence-electron chi connectivity index (χ3n) is 3.44. The van der Waals surface area contributed by atoms with Crippen LogP contribution in [-0.2, 0) is 9.53 Å². The van der Waals surface area contributed by atoms with Crippen LogP contribution in [0.25, 0.3) is 10.8 Å². The van der Waals surface area contributed by atoms with Crippen molar-refractivity contribution in [1.82, 2.24) is 0 Å². The molecule has 122 valence electrons. The molecule has 1 atom stereocenters. The Bertz CT molecular complexity index is 882. The van der Waals surface area contributed by atoms with Gasteiger partial charge in [0.2, 0.25) is 0 Å². The van der Waals surface area contributed by atoms with Gasteiger partial charge in [-0.1, -0.05) is 24.3 Å². The summed E-state index contributed by atoms with van der Waals surface area (Å²) in [4.78, 5) is 23.8. The molecular weight excluding hydrogens is 312 g/mol. The van der Waals surface area contributed by atoms with Crippen molar-refractivity contribution in [2.75, 3.05) is 6.61 Å². The minimum absolute atomic E-state index is 0.148. The molecule has 3 N–H and O–H groups in total. The number of nitrogens with one attached hydrogen (secondary N) is 1. The normalized spacial score (nSPS) is 11.5. The molecule has 2 rings (SSSR count). The number of ketones is 1. The number of nitrogens with zero attached hydrogens (tertiary/aromatic N) is 1. The SMILES string of the molecule is CC(=N)C(C#N)C(=O)COC(=O)c1cc(O)c2ccccc2c1O. The summed E-state index contributed by atoms with van der Waals surface area (Å²) in [5, 5.41) is 36.9. The number of hydrogen-bond acceptors (Lipinski definition) is 7.